The van der Waals surface area contributed by atoms with E-state index in [1.54, 1.807) is 18.2 Å². The van der Waals surface area contributed by atoms with Crippen molar-refractivity contribution in [1.82, 2.24) is 15.5 Å². The van der Waals surface area contributed by atoms with Crippen LogP contribution in [0.1, 0.15) is 44.9 Å². The highest BCUT2D eigenvalue weighted by Crippen LogP contribution is 2.08. The van der Waals surface area contributed by atoms with Crippen LogP contribution in [0.3, 0.4) is 0 Å². The lowest BCUT2D eigenvalue weighted by Crippen LogP contribution is -2.34. The highest BCUT2D eigenvalue weighted by molar-refractivity contribution is 6.17. The molecule has 1 saturated heterocycles. The lowest BCUT2D eigenvalue weighted by atomic mass is 10.1. The predicted molar refractivity (Wildman–Crippen MR) is 149 cm³/mol. The molecular weight excluding hydrogens is 530 g/mol. The van der Waals surface area contributed by atoms with E-state index in [1.165, 1.54) is 12.5 Å². The van der Waals surface area contributed by atoms with Crippen molar-refractivity contribution in [2.45, 2.75) is 44.9 Å². The van der Waals surface area contributed by atoms with E-state index in [4.69, 9.17) is 35.3 Å². The lowest BCUT2D eigenvalue weighted by Gasteiger charge is -2.25. The molecule has 0 aromatic carbocycles. The molecule has 0 aromatic heterocycles. The fourth-order valence-electron chi connectivity index (χ4n) is 3.43. The summed E-state index contributed by atoms with van der Waals surface area (Å²) in [6.45, 7) is 5.01. The Morgan fingerprint density at radius 3 is 2.18 bits per heavy atom. The summed E-state index contributed by atoms with van der Waals surface area (Å²) in [6, 6.07) is 0. The minimum Gasteiger partial charge on any atom is -0.447 e. The summed E-state index contributed by atoms with van der Waals surface area (Å²) < 4.78 is 26.2. The molecule has 0 aromatic rings. The Morgan fingerprint density at radius 2 is 1.38 bits per heavy atom. The van der Waals surface area contributed by atoms with Gasteiger partial charge in [0, 0.05) is 44.7 Å². The average molecular weight is 576 g/mol. The Kier molecular flexibility index (Phi) is 23.0. The third kappa shape index (κ3) is 22.2. The van der Waals surface area contributed by atoms with Crippen LogP contribution in [0.15, 0.2) is 24.3 Å². The van der Waals surface area contributed by atoms with Crippen LogP contribution >= 0.6 is 11.6 Å². The van der Waals surface area contributed by atoms with E-state index in [2.05, 4.69) is 10.6 Å². The van der Waals surface area contributed by atoms with E-state index < -0.39 is 12.2 Å². The SMILES string of the molecule is O=C(NC/C=C/C(=O)N1CCCCC1)OC/C=C\COCCOC(=O)NCCOCCOCCCCCCCl. The molecule has 1 fully saturated rings. The normalized spacial score (nSPS) is 13.6. The van der Waals surface area contributed by atoms with Crippen molar-refractivity contribution in [3.05, 3.63) is 24.3 Å². The van der Waals surface area contributed by atoms with Gasteiger partial charge >= 0.3 is 12.2 Å². The maximum Gasteiger partial charge on any atom is 0.407 e. The predicted octanol–water partition coefficient (Wildman–Crippen LogP) is 3.41. The topological polar surface area (TPSA) is 125 Å². The first-order valence-electron chi connectivity index (χ1n) is 13.8. The second kappa shape index (κ2) is 25.9. The number of unbranched alkanes of at least 4 members (excludes halogenated alkanes) is 3. The standard InChI is InChI=1S/C27H46ClN3O8/c28-12-4-1-2-7-17-35-21-22-37-20-14-30-27(34)39-24-23-36-18-8-9-19-38-26(33)29-13-10-11-25(32)31-15-5-3-6-16-31/h8-11H,1-7,12-24H2,(H,29,33)(H,30,34)/b9-8-,11-10+. The highest BCUT2D eigenvalue weighted by Gasteiger charge is 2.13. The number of hydrogen-bond acceptors (Lipinski definition) is 8. The van der Waals surface area contributed by atoms with Crippen LogP contribution in [-0.4, -0.2) is 108 Å². The Bertz CT molecular complexity index is 703. The zero-order chi connectivity index (χ0) is 28.2. The maximum atomic E-state index is 12.0. The number of nitrogens with one attached hydrogen (secondary N) is 2. The minimum absolute atomic E-state index is 0.0265. The molecule has 0 atom stereocenters. The summed E-state index contributed by atoms with van der Waals surface area (Å²) in [4.78, 5) is 37.0. The molecule has 0 radical (unpaired) electrons. The fraction of sp³-hybridized carbons (Fsp3) is 0.741. The van der Waals surface area contributed by atoms with Gasteiger partial charge in [0.25, 0.3) is 0 Å². The van der Waals surface area contributed by atoms with Crippen molar-refractivity contribution in [1.29, 1.82) is 0 Å². The van der Waals surface area contributed by atoms with Gasteiger partial charge in [-0.3, -0.25) is 4.79 Å². The first-order valence-corrected chi connectivity index (χ1v) is 14.4. The van der Waals surface area contributed by atoms with E-state index in [1.807, 2.05) is 4.90 Å². The molecule has 0 bridgehead atoms. The number of nitrogens with zero attached hydrogens (tertiary/aromatic N) is 1. The number of halogens is 1. The van der Waals surface area contributed by atoms with Gasteiger partial charge in [0.2, 0.25) is 5.91 Å². The largest absolute Gasteiger partial charge is 0.447 e. The van der Waals surface area contributed by atoms with Crippen molar-refractivity contribution in [2.24, 2.45) is 0 Å². The van der Waals surface area contributed by atoms with Crippen molar-refractivity contribution in [3.63, 3.8) is 0 Å². The zero-order valence-corrected chi connectivity index (χ0v) is 23.8. The number of hydrogen-bond donors (Lipinski definition) is 2. The molecule has 12 heteroatoms. The number of carbonyl (C=O) groups excluding carboxylic acids is 3. The van der Waals surface area contributed by atoms with Crippen LogP contribution in [0.5, 0.6) is 0 Å². The van der Waals surface area contributed by atoms with Gasteiger partial charge in [-0.15, -0.1) is 11.6 Å². The molecule has 1 aliphatic heterocycles. The number of ether oxygens (including phenoxy) is 5. The molecule has 0 saturated carbocycles. The Morgan fingerprint density at radius 1 is 0.692 bits per heavy atom. The van der Waals surface area contributed by atoms with E-state index in [0.717, 1.165) is 58.2 Å². The molecule has 1 rings (SSSR count). The van der Waals surface area contributed by atoms with Crippen LogP contribution < -0.4 is 10.6 Å². The molecule has 11 nitrogen and oxygen atoms in total. The maximum absolute atomic E-state index is 12.0. The number of rotatable bonds is 22. The first-order chi connectivity index (χ1) is 19.1. The fourth-order valence-corrected chi connectivity index (χ4v) is 3.62. The second-order valence-corrected chi connectivity index (χ2v) is 9.08. The van der Waals surface area contributed by atoms with Crippen molar-refractivity contribution < 1.29 is 38.1 Å². The first kappa shape index (κ1) is 34.7. The van der Waals surface area contributed by atoms with Gasteiger partial charge in [-0.1, -0.05) is 25.0 Å². The van der Waals surface area contributed by atoms with Crippen LogP contribution in [0.4, 0.5) is 9.59 Å². The molecule has 0 aliphatic carbocycles. The molecule has 1 aliphatic rings. The van der Waals surface area contributed by atoms with Gasteiger partial charge in [0.05, 0.1) is 33.0 Å². The van der Waals surface area contributed by atoms with Crippen LogP contribution in [0.25, 0.3) is 0 Å². The number of alkyl carbamates (subject to hydrolysis) is 2. The molecule has 2 N–H and O–H groups in total. The number of carbonyl (C=O) groups is 3. The number of piperidine rings is 1. The van der Waals surface area contributed by atoms with Crippen LogP contribution in [-0.2, 0) is 28.5 Å². The Hall–Kier alpha value is -2.34. The number of alkyl halides is 1. The smallest absolute Gasteiger partial charge is 0.407 e. The summed E-state index contributed by atoms with van der Waals surface area (Å²) in [5, 5.41) is 5.15. The molecular formula is C27H46ClN3O8. The summed E-state index contributed by atoms with van der Waals surface area (Å²) in [6.07, 6.45) is 12.9. The van der Waals surface area contributed by atoms with Crippen molar-refractivity contribution in [2.75, 3.05) is 84.9 Å². The van der Waals surface area contributed by atoms with Crippen LogP contribution in [0.2, 0.25) is 0 Å². The third-order valence-electron chi connectivity index (χ3n) is 5.50. The van der Waals surface area contributed by atoms with Gasteiger partial charge < -0.3 is 39.2 Å². The summed E-state index contributed by atoms with van der Waals surface area (Å²) in [5.74, 6) is 0.689. The van der Waals surface area contributed by atoms with E-state index in [-0.39, 0.29) is 32.3 Å². The summed E-state index contributed by atoms with van der Waals surface area (Å²) >= 11 is 5.63. The Balaban J connectivity index is 1.84. The van der Waals surface area contributed by atoms with E-state index in [9.17, 15) is 14.4 Å². The third-order valence-corrected chi connectivity index (χ3v) is 5.77. The van der Waals surface area contributed by atoms with Gasteiger partial charge in [0.1, 0.15) is 13.2 Å². The van der Waals surface area contributed by atoms with E-state index in [0.29, 0.717) is 38.9 Å². The quantitative estimate of drug-likeness (QED) is 0.0871. The molecule has 3 amide bonds. The van der Waals surface area contributed by atoms with Gasteiger partial charge in [-0.05, 0) is 38.2 Å². The van der Waals surface area contributed by atoms with Crippen molar-refractivity contribution >= 4 is 29.7 Å². The minimum atomic E-state index is -0.571. The van der Waals surface area contributed by atoms with E-state index >= 15 is 0 Å². The molecule has 0 unspecified atom stereocenters. The lowest BCUT2D eigenvalue weighted by molar-refractivity contribution is -0.126. The van der Waals surface area contributed by atoms with Gasteiger partial charge in [-0.2, -0.15) is 0 Å². The summed E-state index contributed by atoms with van der Waals surface area (Å²) in [7, 11) is 0. The highest BCUT2D eigenvalue weighted by atomic mass is 35.5. The van der Waals surface area contributed by atoms with Crippen LogP contribution in [0, 0.1) is 0 Å². The average Bonchev–Trinajstić information content (AvgIpc) is 2.95. The summed E-state index contributed by atoms with van der Waals surface area (Å²) in [5.41, 5.74) is 0. The zero-order valence-electron chi connectivity index (χ0n) is 23.0. The monoisotopic (exact) mass is 575 g/mol. The van der Waals surface area contributed by atoms with Gasteiger partial charge in [-0.25, -0.2) is 9.59 Å². The second-order valence-electron chi connectivity index (χ2n) is 8.70. The molecule has 0 spiro atoms. The van der Waals surface area contributed by atoms with Gasteiger partial charge in [0.15, 0.2) is 0 Å². The Labute approximate surface area is 237 Å². The number of amides is 3. The molecule has 39 heavy (non-hydrogen) atoms. The number of likely N-dealkylation sites (tertiary alicyclic amines) is 1. The van der Waals surface area contributed by atoms with Crippen molar-refractivity contribution in [3.8, 4) is 0 Å². The molecule has 224 valence electrons. The molecule has 1 heterocycles.